The second-order valence-corrected chi connectivity index (χ2v) is 6.23. The summed E-state index contributed by atoms with van der Waals surface area (Å²) in [4.78, 5) is 12.2. The Kier molecular flexibility index (Phi) is 5.63. The zero-order valence-electron chi connectivity index (χ0n) is 14.0. The molecule has 3 N–H and O–H groups in total. The standard InChI is InChI=1S/C18H14Cl2N4O3/c1-27-16-4-2-3-10(17(16)25)9-21-24-18(26)15-8-14(22-23-15)12-6-5-11(19)7-13(12)20/h2-9,25H,1H3,(H,22,23)(H,24,26). The maximum Gasteiger partial charge on any atom is 0.289 e. The highest BCUT2D eigenvalue weighted by Crippen LogP contribution is 2.29. The minimum atomic E-state index is -0.502. The molecular formula is C18H14Cl2N4O3. The van der Waals surface area contributed by atoms with Crippen LogP contribution in [0.15, 0.2) is 47.6 Å². The van der Waals surface area contributed by atoms with Crippen molar-refractivity contribution < 1.29 is 14.6 Å². The summed E-state index contributed by atoms with van der Waals surface area (Å²) in [5.41, 5.74) is 4.08. The van der Waals surface area contributed by atoms with Crippen molar-refractivity contribution in [2.45, 2.75) is 0 Å². The fraction of sp³-hybridized carbons (Fsp3) is 0.0556. The van der Waals surface area contributed by atoms with E-state index < -0.39 is 5.91 Å². The van der Waals surface area contributed by atoms with E-state index in [2.05, 4.69) is 20.7 Å². The molecular weight excluding hydrogens is 391 g/mol. The molecule has 0 saturated carbocycles. The van der Waals surface area contributed by atoms with Crippen LogP contribution in [0.4, 0.5) is 0 Å². The highest BCUT2D eigenvalue weighted by Gasteiger charge is 2.13. The number of aromatic amines is 1. The summed E-state index contributed by atoms with van der Waals surface area (Å²) >= 11 is 12.0. The van der Waals surface area contributed by atoms with Crippen LogP contribution in [0, 0.1) is 0 Å². The van der Waals surface area contributed by atoms with E-state index in [1.807, 2.05) is 0 Å². The number of H-pyrrole nitrogens is 1. The van der Waals surface area contributed by atoms with Gasteiger partial charge in [0.1, 0.15) is 5.69 Å². The van der Waals surface area contributed by atoms with Crippen LogP contribution in [0.5, 0.6) is 11.5 Å². The van der Waals surface area contributed by atoms with Gasteiger partial charge in [-0.25, -0.2) is 5.43 Å². The molecule has 1 aromatic heterocycles. The highest BCUT2D eigenvalue weighted by molar-refractivity contribution is 6.36. The zero-order chi connectivity index (χ0) is 19.4. The number of nitrogens with one attached hydrogen (secondary N) is 2. The lowest BCUT2D eigenvalue weighted by Gasteiger charge is -2.04. The Labute approximate surface area is 164 Å². The van der Waals surface area contributed by atoms with Gasteiger partial charge in [-0.3, -0.25) is 9.89 Å². The first-order valence-corrected chi connectivity index (χ1v) is 8.45. The third kappa shape index (κ3) is 4.21. The average molecular weight is 405 g/mol. The molecule has 7 nitrogen and oxygen atoms in total. The number of benzene rings is 2. The topological polar surface area (TPSA) is 99.6 Å². The molecule has 0 radical (unpaired) electrons. The Morgan fingerprint density at radius 2 is 2.11 bits per heavy atom. The third-order valence-electron chi connectivity index (χ3n) is 3.65. The summed E-state index contributed by atoms with van der Waals surface area (Å²) in [6.45, 7) is 0. The van der Waals surface area contributed by atoms with Crippen molar-refractivity contribution in [1.29, 1.82) is 0 Å². The van der Waals surface area contributed by atoms with Crippen molar-refractivity contribution in [3.8, 4) is 22.8 Å². The largest absolute Gasteiger partial charge is 0.504 e. The number of aromatic nitrogens is 2. The normalized spacial score (nSPS) is 10.9. The molecule has 3 aromatic rings. The van der Waals surface area contributed by atoms with Crippen LogP contribution in [-0.4, -0.2) is 34.5 Å². The quantitative estimate of drug-likeness (QED) is 0.443. The zero-order valence-corrected chi connectivity index (χ0v) is 15.5. The number of hydrogen-bond donors (Lipinski definition) is 3. The average Bonchev–Trinajstić information content (AvgIpc) is 3.13. The molecule has 0 atom stereocenters. The van der Waals surface area contributed by atoms with E-state index in [1.54, 1.807) is 42.5 Å². The number of nitrogens with zero attached hydrogens (tertiary/aromatic N) is 2. The second kappa shape index (κ2) is 8.11. The lowest BCUT2D eigenvalue weighted by Crippen LogP contribution is -2.18. The number of hydrogen-bond acceptors (Lipinski definition) is 5. The molecule has 2 aromatic carbocycles. The predicted molar refractivity (Wildman–Crippen MR) is 104 cm³/mol. The van der Waals surface area contributed by atoms with Gasteiger partial charge in [-0.05, 0) is 36.4 Å². The van der Waals surface area contributed by atoms with E-state index in [-0.39, 0.29) is 11.4 Å². The van der Waals surface area contributed by atoms with Gasteiger partial charge in [-0.1, -0.05) is 29.3 Å². The van der Waals surface area contributed by atoms with Crippen LogP contribution >= 0.6 is 23.2 Å². The third-order valence-corrected chi connectivity index (χ3v) is 4.20. The molecule has 0 bridgehead atoms. The van der Waals surface area contributed by atoms with Crippen LogP contribution in [0.25, 0.3) is 11.3 Å². The van der Waals surface area contributed by atoms with Crippen LogP contribution in [0.1, 0.15) is 16.1 Å². The summed E-state index contributed by atoms with van der Waals surface area (Å²) < 4.78 is 5.01. The minimum absolute atomic E-state index is 0.0702. The first-order chi connectivity index (χ1) is 13.0. The molecule has 0 aliphatic carbocycles. The maximum atomic E-state index is 12.2. The predicted octanol–water partition coefficient (Wildman–Crippen LogP) is 3.86. The first kappa shape index (κ1) is 18.8. The van der Waals surface area contributed by atoms with E-state index in [9.17, 15) is 9.90 Å². The summed E-state index contributed by atoms with van der Waals surface area (Å²) in [7, 11) is 1.44. The fourth-order valence-corrected chi connectivity index (χ4v) is 2.81. The minimum Gasteiger partial charge on any atom is -0.504 e. The number of halogens is 2. The number of ether oxygens (including phenoxy) is 1. The molecule has 27 heavy (non-hydrogen) atoms. The fourth-order valence-electron chi connectivity index (χ4n) is 2.30. The second-order valence-electron chi connectivity index (χ2n) is 5.39. The summed E-state index contributed by atoms with van der Waals surface area (Å²) in [5, 5.41) is 21.4. The van der Waals surface area contributed by atoms with E-state index in [1.165, 1.54) is 13.3 Å². The van der Waals surface area contributed by atoms with Gasteiger partial charge in [0.15, 0.2) is 11.5 Å². The van der Waals surface area contributed by atoms with Crippen molar-refractivity contribution in [3.63, 3.8) is 0 Å². The Hall–Kier alpha value is -3.03. The van der Waals surface area contributed by atoms with E-state index in [0.29, 0.717) is 32.6 Å². The summed E-state index contributed by atoms with van der Waals surface area (Å²) in [6.07, 6.45) is 1.31. The number of amides is 1. The molecule has 0 aliphatic heterocycles. The molecule has 0 saturated heterocycles. The van der Waals surface area contributed by atoms with E-state index in [0.717, 1.165) is 0 Å². The molecule has 138 valence electrons. The molecule has 9 heteroatoms. The van der Waals surface area contributed by atoms with Gasteiger partial charge in [-0.2, -0.15) is 10.2 Å². The Balaban J connectivity index is 1.71. The maximum absolute atomic E-state index is 12.2. The SMILES string of the molecule is COc1cccc(C=NNC(=O)c2cc(-c3ccc(Cl)cc3Cl)n[nH]2)c1O. The Bertz CT molecular complexity index is 1020. The summed E-state index contributed by atoms with van der Waals surface area (Å²) in [6, 6.07) is 11.5. The number of phenols is 1. The van der Waals surface area contributed by atoms with Crippen LogP contribution in [0.3, 0.4) is 0 Å². The monoisotopic (exact) mass is 404 g/mol. The number of rotatable bonds is 5. The van der Waals surface area contributed by atoms with Crippen molar-refractivity contribution in [3.05, 3.63) is 63.8 Å². The van der Waals surface area contributed by atoms with Gasteiger partial charge < -0.3 is 9.84 Å². The van der Waals surface area contributed by atoms with Gasteiger partial charge in [0, 0.05) is 16.1 Å². The lowest BCUT2D eigenvalue weighted by atomic mass is 10.1. The van der Waals surface area contributed by atoms with Crippen molar-refractivity contribution in [2.24, 2.45) is 5.10 Å². The number of aromatic hydroxyl groups is 1. The molecule has 1 amide bonds. The Morgan fingerprint density at radius 1 is 1.30 bits per heavy atom. The first-order valence-electron chi connectivity index (χ1n) is 7.70. The molecule has 0 spiro atoms. The number of carbonyl (C=O) groups is 1. The number of phenolic OH excluding ortho intramolecular Hbond substituents is 1. The molecule has 0 aliphatic rings. The number of carbonyl (C=O) groups excluding carboxylic acids is 1. The Morgan fingerprint density at radius 3 is 2.85 bits per heavy atom. The van der Waals surface area contributed by atoms with Crippen LogP contribution in [0.2, 0.25) is 10.0 Å². The lowest BCUT2D eigenvalue weighted by molar-refractivity contribution is 0.0950. The van der Waals surface area contributed by atoms with E-state index in [4.69, 9.17) is 27.9 Å². The van der Waals surface area contributed by atoms with Crippen molar-refractivity contribution in [1.82, 2.24) is 15.6 Å². The van der Waals surface area contributed by atoms with Gasteiger partial charge in [0.05, 0.1) is 24.0 Å². The molecule has 3 rings (SSSR count). The van der Waals surface area contributed by atoms with Crippen LogP contribution < -0.4 is 10.2 Å². The van der Waals surface area contributed by atoms with Crippen molar-refractivity contribution in [2.75, 3.05) is 7.11 Å². The van der Waals surface area contributed by atoms with Crippen molar-refractivity contribution >= 4 is 35.3 Å². The number of hydrazone groups is 1. The molecule has 0 unspecified atom stereocenters. The number of methoxy groups -OCH3 is 1. The summed E-state index contributed by atoms with van der Waals surface area (Å²) in [5.74, 6) is -0.264. The molecule has 0 fully saturated rings. The van der Waals surface area contributed by atoms with E-state index >= 15 is 0 Å². The smallest absolute Gasteiger partial charge is 0.289 e. The van der Waals surface area contributed by atoms with Gasteiger partial charge in [0.2, 0.25) is 0 Å². The molecule has 1 heterocycles. The van der Waals surface area contributed by atoms with Gasteiger partial charge >= 0.3 is 0 Å². The van der Waals surface area contributed by atoms with Gasteiger partial charge in [-0.15, -0.1) is 0 Å². The number of para-hydroxylation sites is 1. The highest BCUT2D eigenvalue weighted by atomic mass is 35.5. The van der Waals surface area contributed by atoms with Gasteiger partial charge in [0.25, 0.3) is 5.91 Å². The van der Waals surface area contributed by atoms with Crippen LogP contribution in [-0.2, 0) is 0 Å².